The van der Waals surface area contributed by atoms with Gasteiger partial charge in [0, 0.05) is 23.1 Å². The van der Waals surface area contributed by atoms with Crippen molar-refractivity contribution < 1.29 is 28.6 Å². The number of urea groups is 1. The molecule has 8 heteroatoms. The van der Waals surface area contributed by atoms with Crippen molar-refractivity contribution in [3.8, 4) is 5.75 Å². The highest BCUT2D eigenvalue weighted by molar-refractivity contribution is 5.98. The quantitative estimate of drug-likeness (QED) is 0.255. The second-order valence-corrected chi connectivity index (χ2v) is 10.7. The molecule has 0 saturated carbocycles. The van der Waals surface area contributed by atoms with Crippen molar-refractivity contribution in [2.24, 2.45) is 5.73 Å². The lowest BCUT2D eigenvalue weighted by molar-refractivity contribution is -0.154. The molecule has 0 spiro atoms. The van der Waals surface area contributed by atoms with Crippen molar-refractivity contribution >= 4 is 18.0 Å². The van der Waals surface area contributed by atoms with Crippen LogP contribution in [-0.2, 0) is 20.7 Å². The van der Waals surface area contributed by atoms with Crippen molar-refractivity contribution in [2.75, 3.05) is 7.11 Å². The topological polar surface area (TPSA) is 117 Å². The van der Waals surface area contributed by atoms with Gasteiger partial charge in [-0.2, -0.15) is 0 Å². The minimum atomic E-state index is -0.948. The van der Waals surface area contributed by atoms with E-state index < -0.39 is 23.8 Å². The predicted molar refractivity (Wildman–Crippen MR) is 144 cm³/mol. The van der Waals surface area contributed by atoms with Crippen LogP contribution < -0.4 is 15.8 Å². The summed E-state index contributed by atoms with van der Waals surface area (Å²) in [4.78, 5) is 37.0. The molecule has 2 unspecified atom stereocenters. The molecule has 0 bridgehead atoms. The first-order valence-electron chi connectivity index (χ1n) is 13.2. The van der Waals surface area contributed by atoms with Crippen LogP contribution in [0.1, 0.15) is 125 Å². The van der Waals surface area contributed by atoms with Crippen molar-refractivity contribution in [3.63, 3.8) is 0 Å². The molecule has 0 fully saturated rings. The summed E-state index contributed by atoms with van der Waals surface area (Å²) in [5, 5.41) is 2.55. The number of methoxy groups -OCH3 is 1. The average molecular weight is 517 g/mol. The molecule has 206 valence electrons. The van der Waals surface area contributed by atoms with E-state index in [4.69, 9.17) is 19.9 Å². The van der Waals surface area contributed by atoms with Crippen molar-refractivity contribution in [1.82, 2.24) is 5.32 Å². The van der Waals surface area contributed by atoms with E-state index in [-0.39, 0.29) is 11.9 Å². The number of hydrogen-bond donors (Lipinski definition) is 2. The molecule has 37 heavy (non-hydrogen) atoms. The van der Waals surface area contributed by atoms with Crippen LogP contribution in [0.25, 0.3) is 0 Å². The number of ether oxygens (including phenoxy) is 3. The van der Waals surface area contributed by atoms with Gasteiger partial charge >= 0.3 is 18.0 Å². The highest BCUT2D eigenvalue weighted by atomic mass is 16.6. The molecule has 0 aliphatic carbocycles. The predicted octanol–water partition coefficient (Wildman–Crippen LogP) is 6.14. The molecule has 1 aliphatic rings. The van der Waals surface area contributed by atoms with Crippen LogP contribution in [0.4, 0.5) is 4.79 Å². The highest BCUT2D eigenvalue weighted by Gasteiger charge is 2.40. The first-order valence-corrected chi connectivity index (χ1v) is 13.2. The number of unbranched alkanes of at least 4 members (excludes halogenated alkanes) is 1. The Hall–Kier alpha value is -3.03. The molecule has 8 nitrogen and oxygen atoms in total. The zero-order valence-corrected chi connectivity index (χ0v) is 23.7. The number of rotatable bonds is 12. The summed E-state index contributed by atoms with van der Waals surface area (Å²) in [5.74, 6) is 0.104. The van der Waals surface area contributed by atoms with Gasteiger partial charge in [0.25, 0.3) is 0 Å². The van der Waals surface area contributed by atoms with Crippen LogP contribution in [0.2, 0.25) is 0 Å². The van der Waals surface area contributed by atoms with E-state index >= 15 is 0 Å². The van der Waals surface area contributed by atoms with Gasteiger partial charge in [-0.1, -0.05) is 38.3 Å². The number of primary amides is 1. The number of benzene rings is 1. The zero-order valence-electron chi connectivity index (χ0n) is 23.7. The van der Waals surface area contributed by atoms with Crippen LogP contribution in [0.5, 0.6) is 5.75 Å². The molecule has 0 radical (unpaired) electrons. The molecule has 3 N–H and O–H groups in total. The third kappa shape index (κ3) is 7.73. The monoisotopic (exact) mass is 516 g/mol. The lowest BCUT2D eigenvalue weighted by Gasteiger charge is -2.25. The van der Waals surface area contributed by atoms with Crippen molar-refractivity contribution in [3.05, 3.63) is 39.5 Å². The third-order valence-electron chi connectivity index (χ3n) is 6.66. The lowest BCUT2D eigenvalue weighted by Crippen LogP contribution is -2.33. The van der Waals surface area contributed by atoms with Gasteiger partial charge in [-0.05, 0) is 71.8 Å². The number of nitrogens with two attached hydrogens (primary N) is 1. The number of carbonyl (C=O) groups excluding carboxylic acids is 3. The Bertz CT molecular complexity index is 1040. The lowest BCUT2D eigenvalue weighted by atomic mass is 9.80. The van der Waals surface area contributed by atoms with E-state index in [9.17, 15) is 14.4 Å². The van der Waals surface area contributed by atoms with E-state index in [2.05, 4.69) is 25.2 Å². The molecular weight excluding hydrogens is 472 g/mol. The number of allylic oxidation sites excluding steroid dienone is 2. The fourth-order valence-corrected chi connectivity index (χ4v) is 4.96. The molecule has 1 aliphatic heterocycles. The van der Waals surface area contributed by atoms with E-state index in [1.807, 2.05) is 34.6 Å². The van der Waals surface area contributed by atoms with E-state index in [1.54, 1.807) is 7.11 Å². The largest absolute Gasteiger partial charge is 0.496 e. The Kier molecular flexibility index (Phi) is 10.6. The normalized spacial score (nSPS) is 16.2. The van der Waals surface area contributed by atoms with E-state index in [0.717, 1.165) is 47.9 Å². The minimum absolute atomic E-state index is 0.119. The number of cyclic esters (lactones) is 1. The number of carbonyl (C=O) groups is 3. The van der Waals surface area contributed by atoms with Crippen molar-refractivity contribution in [1.29, 1.82) is 0 Å². The number of hydrogen-bond acceptors (Lipinski definition) is 6. The molecule has 2 amide bonds. The Morgan fingerprint density at radius 3 is 2.43 bits per heavy atom. The highest BCUT2D eigenvalue weighted by Crippen LogP contribution is 2.46. The number of esters is 2. The smallest absolute Gasteiger partial charge is 0.341 e. The average Bonchev–Trinajstić information content (AvgIpc) is 3.11. The van der Waals surface area contributed by atoms with Crippen LogP contribution in [-0.4, -0.2) is 30.7 Å². The molecular formula is C29H44N2O6. The molecule has 1 heterocycles. The second-order valence-electron chi connectivity index (χ2n) is 10.7. The standard InChI is InChI=1S/C29H44N2O6/c1-9-11-12-19(10-2)23-20(15-13-17(3)14-16-21(32)37-29(5,6)7)25(35-8)18(4)22-24(23)27(33)36-26(22)31-28(30)34/h13,19,26H,9-12,14-16H2,1-8H3,(H3,30,31,34)/b17-13+. The Balaban J connectivity index is 2.55. The second kappa shape index (κ2) is 13.0. The molecule has 0 aromatic heterocycles. The van der Waals surface area contributed by atoms with Crippen LogP contribution in [0.3, 0.4) is 0 Å². The maximum Gasteiger partial charge on any atom is 0.341 e. The first kappa shape index (κ1) is 30.2. The maximum absolute atomic E-state index is 13.2. The third-order valence-corrected chi connectivity index (χ3v) is 6.66. The molecule has 2 atom stereocenters. The van der Waals surface area contributed by atoms with E-state index in [0.29, 0.717) is 36.1 Å². The Labute approximate surface area is 221 Å². The number of fused-ring (bicyclic) bond motifs is 1. The summed E-state index contributed by atoms with van der Waals surface area (Å²) in [5.41, 5.74) is 9.63. The fourth-order valence-electron chi connectivity index (χ4n) is 4.96. The molecule has 1 aromatic rings. The van der Waals surface area contributed by atoms with Gasteiger partial charge in [-0.3, -0.25) is 10.1 Å². The minimum Gasteiger partial charge on any atom is -0.496 e. The maximum atomic E-state index is 13.2. The molecule has 0 saturated heterocycles. The number of nitrogens with one attached hydrogen (secondary N) is 1. The van der Waals surface area contributed by atoms with Crippen molar-refractivity contribution in [2.45, 2.75) is 111 Å². The van der Waals surface area contributed by atoms with Gasteiger partial charge in [0.2, 0.25) is 6.23 Å². The van der Waals surface area contributed by atoms with Crippen LogP contribution in [0, 0.1) is 6.92 Å². The van der Waals surface area contributed by atoms with Gasteiger partial charge < -0.3 is 19.9 Å². The Morgan fingerprint density at radius 1 is 1.22 bits per heavy atom. The van der Waals surface area contributed by atoms with Gasteiger partial charge in [0.05, 0.1) is 12.7 Å². The number of amides is 2. The van der Waals surface area contributed by atoms with Gasteiger partial charge in [-0.15, -0.1) is 0 Å². The van der Waals surface area contributed by atoms with Crippen LogP contribution >= 0.6 is 0 Å². The summed E-state index contributed by atoms with van der Waals surface area (Å²) in [6.45, 7) is 13.7. The van der Waals surface area contributed by atoms with Gasteiger partial charge in [0.15, 0.2) is 0 Å². The van der Waals surface area contributed by atoms with Gasteiger partial charge in [0.1, 0.15) is 11.4 Å². The fraction of sp³-hybridized carbons (Fsp3) is 0.621. The summed E-state index contributed by atoms with van der Waals surface area (Å²) >= 11 is 0. The van der Waals surface area contributed by atoms with Gasteiger partial charge in [-0.25, -0.2) is 9.59 Å². The summed E-state index contributed by atoms with van der Waals surface area (Å²) in [6, 6.07) is -0.767. The Morgan fingerprint density at radius 2 is 1.89 bits per heavy atom. The first-order chi connectivity index (χ1) is 17.3. The van der Waals surface area contributed by atoms with E-state index in [1.165, 1.54) is 0 Å². The molecule has 1 aromatic carbocycles. The molecule has 2 rings (SSSR count). The SMILES string of the molecule is CCCCC(CC)c1c(C/C=C(\C)CCC(=O)OC(C)(C)C)c(OC)c(C)c2c1C(=O)OC2NC(N)=O. The summed E-state index contributed by atoms with van der Waals surface area (Å²) < 4.78 is 16.9. The zero-order chi connectivity index (χ0) is 27.9. The summed E-state index contributed by atoms with van der Waals surface area (Å²) in [6.07, 6.45) is 6.37. The van der Waals surface area contributed by atoms with Crippen LogP contribution in [0.15, 0.2) is 11.6 Å². The summed E-state index contributed by atoms with van der Waals surface area (Å²) in [7, 11) is 1.61.